The van der Waals surface area contributed by atoms with Crippen LogP contribution in [-0.2, 0) is 9.53 Å². The second kappa shape index (κ2) is 9.26. The number of allylic oxidation sites excluding steroid dienone is 1. The highest BCUT2D eigenvalue weighted by Crippen LogP contribution is 2.30. The molecular formula is C24H21BrN2O4S. The van der Waals surface area contributed by atoms with Crippen molar-refractivity contribution in [1.29, 1.82) is 0 Å². The van der Waals surface area contributed by atoms with Crippen LogP contribution < -0.4 is 19.6 Å². The molecule has 1 unspecified atom stereocenters. The highest BCUT2D eigenvalue weighted by atomic mass is 79.9. The van der Waals surface area contributed by atoms with Gasteiger partial charge in [-0.15, -0.1) is 0 Å². The minimum Gasteiger partial charge on any atom is -0.493 e. The number of halogens is 1. The first kappa shape index (κ1) is 22.2. The van der Waals surface area contributed by atoms with Crippen molar-refractivity contribution in [2.75, 3.05) is 13.7 Å². The standard InChI is InChI=1S/C24H21BrN2O4S/c1-4-31-18-11-10-17(25)12-16(18)13-19-22(28)27-21(15-8-6-5-7-9-15)20(23(29)30-3)14(2)26-24(27)32-19/h5-13,21H,4H2,1-3H3. The maximum Gasteiger partial charge on any atom is 0.338 e. The molecule has 0 fully saturated rings. The Labute approximate surface area is 197 Å². The molecule has 2 aromatic carbocycles. The number of nitrogens with zero attached hydrogens (tertiary/aromatic N) is 2. The lowest BCUT2D eigenvalue weighted by Gasteiger charge is -2.24. The Morgan fingerprint density at radius 1 is 1.25 bits per heavy atom. The Kier molecular flexibility index (Phi) is 6.43. The summed E-state index contributed by atoms with van der Waals surface area (Å²) in [7, 11) is 1.33. The van der Waals surface area contributed by atoms with Gasteiger partial charge < -0.3 is 9.47 Å². The smallest absolute Gasteiger partial charge is 0.338 e. The van der Waals surface area contributed by atoms with Gasteiger partial charge in [0.05, 0.1) is 35.6 Å². The zero-order valence-corrected chi connectivity index (χ0v) is 20.2. The number of carbonyl (C=O) groups excluding carboxylic acids is 1. The van der Waals surface area contributed by atoms with E-state index in [1.54, 1.807) is 17.6 Å². The molecular weight excluding hydrogens is 492 g/mol. The van der Waals surface area contributed by atoms with Crippen molar-refractivity contribution < 1.29 is 14.3 Å². The first-order valence-corrected chi connectivity index (χ1v) is 11.6. The molecule has 164 valence electrons. The minimum atomic E-state index is -0.615. The van der Waals surface area contributed by atoms with Crippen molar-refractivity contribution in [2.45, 2.75) is 19.9 Å². The third-order valence-electron chi connectivity index (χ3n) is 5.10. The van der Waals surface area contributed by atoms with Gasteiger partial charge in [0, 0.05) is 10.0 Å². The maximum atomic E-state index is 13.6. The lowest BCUT2D eigenvalue weighted by atomic mass is 9.96. The van der Waals surface area contributed by atoms with Crippen molar-refractivity contribution in [3.8, 4) is 5.75 Å². The van der Waals surface area contributed by atoms with Crippen LogP contribution in [0.5, 0.6) is 5.75 Å². The quantitative estimate of drug-likeness (QED) is 0.490. The summed E-state index contributed by atoms with van der Waals surface area (Å²) in [6.45, 7) is 4.19. The van der Waals surface area contributed by atoms with E-state index in [2.05, 4.69) is 20.9 Å². The molecule has 0 aliphatic carbocycles. The van der Waals surface area contributed by atoms with Gasteiger partial charge in [-0.3, -0.25) is 9.36 Å². The van der Waals surface area contributed by atoms with Gasteiger partial charge in [-0.2, -0.15) is 0 Å². The summed E-state index contributed by atoms with van der Waals surface area (Å²) in [5.74, 6) is 0.188. The molecule has 1 aromatic heterocycles. The van der Waals surface area contributed by atoms with E-state index >= 15 is 0 Å². The fourth-order valence-electron chi connectivity index (χ4n) is 3.70. The molecule has 6 nitrogen and oxygen atoms in total. The number of benzene rings is 2. The number of rotatable bonds is 5. The molecule has 0 radical (unpaired) electrons. The SMILES string of the molecule is CCOc1ccc(Br)cc1C=c1sc2n(c1=O)C(c1ccccc1)C(C(=O)OC)=C(C)N=2. The number of aromatic nitrogens is 1. The fourth-order valence-corrected chi connectivity index (χ4v) is 5.12. The Balaban J connectivity index is 1.97. The van der Waals surface area contributed by atoms with E-state index in [0.717, 1.165) is 15.6 Å². The van der Waals surface area contributed by atoms with Crippen LogP contribution in [0.15, 0.2) is 74.1 Å². The van der Waals surface area contributed by atoms with E-state index in [-0.39, 0.29) is 5.56 Å². The summed E-state index contributed by atoms with van der Waals surface area (Å²) in [4.78, 5) is 31.3. The van der Waals surface area contributed by atoms with Crippen LogP contribution in [0.4, 0.5) is 0 Å². The van der Waals surface area contributed by atoms with Crippen LogP contribution in [0.3, 0.4) is 0 Å². The van der Waals surface area contributed by atoms with E-state index in [0.29, 0.717) is 33.0 Å². The molecule has 32 heavy (non-hydrogen) atoms. The summed E-state index contributed by atoms with van der Waals surface area (Å²) in [5.41, 5.74) is 2.27. The van der Waals surface area contributed by atoms with Crippen molar-refractivity contribution in [1.82, 2.24) is 4.57 Å². The molecule has 0 spiro atoms. The van der Waals surface area contributed by atoms with E-state index in [4.69, 9.17) is 9.47 Å². The molecule has 1 aliphatic rings. The number of hydrogen-bond donors (Lipinski definition) is 0. The van der Waals surface area contributed by atoms with Gasteiger partial charge in [-0.25, -0.2) is 9.79 Å². The molecule has 1 atom stereocenters. The van der Waals surface area contributed by atoms with Crippen LogP contribution in [0.25, 0.3) is 6.08 Å². The number of thiazole rings is 1. The zero-order chi connectivity index (χ0) is 22.8. The average Bonchev–Trinajstić information content (AvgIpc) is 3.09. The number of ether oxygens (including phenoxy) is 2. The van der Waals surface area contributed by atoms with Crippen LogP contribution in [0, 0.1) is 0 Å². The summed E-state index contributed by atoms with van der Waals surface area (Å²) in [6.07, 6.45) is 1.80. The minimum absolute atomic E-state index is 0.223. The monoisotopic (exact) mass is 512 g/mol. The predicted molar refractivity (Wildman–Crippen MR) is 128 cm³/mol. The number of carbonyl (C=O) groups is 1. The highest BCUT2D eigenvalue weighted by Gasteiger charge is 2.32. The highest BCUT2D eigenvalue weighted by molar-refractivity contribution is 9.10. The number of methoxy groups -OCH3 is 1. The van der Waals surface area contributed by atoms with Crippen LogP contribution in [-0.4, -0.2) is 24.3 Å². The summed E-state index contributed by atoms with van der Waals surface area (Å²) in [6, 6.07) is 14.5. The Bertz CT molecular complexity index is 1390. The zero-order valence-electron chi connectivity index (χ0n) is 17.8. The maximum absolute atomic E-state index is 13.6. The average molecular weight is 513 g/mol. The van der Waals surface area contributed by atoms with Crippen molar-refractivity contribution in [3.05, 3.63) is 95.1 Å². The molecule has 4 rings (SSSR count). The molecule has 0 amide bonds. The van der Waals surface area contributed by atoms with E-state index in [1.165, 1.54) is 18.4 Å². The molecule has 0 bridgehead atoms. The Morgan fingerprint density at radius 2 is 2.00 bits per heavy atom. The van der Waals surface area contributed by atoms with Gasteiger partial charge in [-0.05, 0) is 43.7 Å². The van der Waals surface area contributed by atoms with E-state index in [1.807, 2.05) is 55.5 Å². The third kappa shape index (κ3) is 4.08. The fraction of sp³-hybridized carbons (Fsp3) is 0.208. The summed E-state index contributed by atoms with van der Waals surface area (Å²) >= 11 is 4.77. The Hall–Kier alpha value is -2.97. The van der Waals surface area contributed by atoms with Crippen molar-refractivity contribution in [2.24, 2.45) is 4.99 Å². The largest absolute Gasteiger partial charge is 0.493 e. The molecule has 2 heterocycles. The predicted octanol–water partition coefficient (Wildman–Crippen LogP) is 3.57. The normalized spacial score (nSPS) is 15.9. The van der Waals surface area contributed by atoms with Crippen LogP contribution in [0.1, 0.15) is 31.0 Å². The van der Waals surface area contributed by atoms with Crippen LogP contribution >= 0.6 is 27.3 Å². The second-order valence-electron chi connectivity index (χ2n) is 7.10. The van der Waals surface area contributed by atoms with Gasteiger partial charge in [0.15, 0.2) is 4.80 Å². The topological polar surface area (TPSA) is 69.9 Å². The molecule has 0 saturated heterocycles. The van der Waals surface area contributed by atoms with Gasteiger partial charge in [0.1, 0.15) is 5.75 Å². The molecule has 8 heteroatoms. The van der Waals surface area contributed by atoms with E-state index in [9.17, 15) is 9.59 Å². The number of esters is 1. The Morgan fingerprint density at radius 3 is 2.69 bits per heavy atom. The summed E-state index contributed by atoms with van der Waals surface area (Å²) in [5, 5.41) is 0. The van der Waals surface area contributed by atoms with Gasteiger partial charge in [0.25, 0.3) is 5.56 Å². The van der Waals surface area contributed by atoms with Crippen LogP contribution in [0.2, 0.25) is 0 Å². The van der Waals surface area contributed by atoms with Crippen molar-refractivity contribution in [3.63, 3.8) is 0 Å². The van der Waals surface area contributed by atoms with Gasteiger partial charge in [0.2, 0.25) is 0 Å². The van der Waals surface area contributed by atoms with E-state index < -0.39 is 12.0 Å². The molecule has 3 aromatic rings. The molecule has 0 N–H and O–H groups in total. The number of fused-ring (bicyclic) bond motifs is 1. The lowest BCUT2D eigenvalue weighted by molar-refractivity contribution is -0.136. The third-order valence-corrected chi connectivity index (χ3v) is 6.58. The summed E-state index contributed by atoms with van der Waals surface area (Å²) < 4.78 is 13.7. The lowest BCUT2D eigenvalue weighted by Crippen LogP contribution is -2.39. The van der Waals surface area contributed by atoms with Crippen molar-refractivity contribution >= 4 is 39.3 Å². The van der Waals surface area contributed by atoms with Gasteiger partial charge >= 0.3 is 5.97 Å². The first-order chi connectivity index (χ1) is 15.4. The number of hydrogen-bond acceptors (Lipinski definition) is 6. The second-order valence-corrected chi connectivity index (χ2v) is 9.02. The molecule has 0 saturated carbocycles. The first-order valence-electron chi connectivity index (χ1n) is 10.0. The molecule has 1 aliphatic heterocycles. The van der Waals surface area contributed by atoms with Gasteiger partial charge in [-0.1, -0.05) is 57.6 Å².